The van der Waals surface area contributed by atoms with Crippen molar-refractivity contribution in [3.8, 4) is 0 Å². The highest BCUT2D eigenvalue weighted by Gasteiger charge is 2.20. The van der Waals surface area contributed by atoms with E-state index in [1.807, 2.05) is 12.1 Å². The van der Waals surface area contributed by atoms with E-state index in [9.17, 15) is 4.39 Å². The lowest BCUT2D eigenvalue weighted by Gasteiger charge is -2.16. The highest BCUT2D eigenvalue weighted by atomic mass is 19.1. The Morgan fingerprint density at radius 2 is 2.18 bits per heavy atom. The zero-order valence-corrected chi connectivity index (χ0v) is 13.6. The summed E-state index contributed by atoms with van der Waals surface area (Å²) >= 11 is 0. The normalized spacial score (nSPS) is 19.4. The average molecular weight is 306 g/mol. The topological polar surface area (TPSA) is 39.7 Å². The first-order valence-corrected chi connectivity index (χ1v) is 8.13. The standard InChI is InChI=1S/C17H27FN4/c1-3-22-11-9-14(13-22)12-21-17(19-2)20-10-8-15-6-4-5-7-16(15)18/h4-7,14H,3,8-13H2,1-2H3,(H2,19,20,21). The molecule has 0 aromatic heterocycles. The summed E-state index contributed by atoms with van der Waals surface area (Å²) in [7, 11) is 1.77. The zero-order valence-electron chi connectivity index (χ0n) is 13.6. The molecule has 2 N–H and O–H groups in total. The first-order chi connectivity index (χ1) is 10.7. The molecule has 0 aliphatic carbocycles. The van der Waals surface area contributed by atoms with E-state index in [0.29, 0.717) is 18.9 Å². The second-order valence-electron chi connectivity index (χ2n) is 5.77. The SMILES string of the molecule is CCN1CCC(CNC(=NC)NCCc2ccccc2F)C1. The van der Waals surface area contributed by atoms with Crippen molar-refractivity contribution >= 4 is 5.96 Å². The Balaban J connectivity index is 1.68. The van der Waals surface area contributed by atoms with E-state index >= 15 is 0 Å². The van der Waals surface area contributed by atoms with Crippen LogP contribution in [0, 0.1) is 11.7 Å². The summed E-state index contributed by atoms with van der Waals surface area (Å²) in [5.41, 5.74) is 0.736. The molecule has 122 valence electrons. The number of halogens is 1. The van der Waals surface area contributed by atoms with Gasteiger partial charge in [-0.05, 0) is 43.5 Å². The van der Waals surface area contributed by atoms with E-state index in [-0.39, 0.29) is 5.82 Å². The summed E-state index contributed by atoms with van der Waals surface area (Å²) in [5, 5.41) is 6.63. The van der Waals surface area contributed by atoms with E-state index in [1.54, 1.807) is 13.1 Å². The minimum Gasteiger partial charge on any atom is -0.356 e. The molecule has 1 atom stereocenters. The van der Waals surface area contributed by atoms with Gasteiger partial charge in [0.05, 0.1) is 0 Å². The average Bonchev–Trinajstić information content (AvgIpc) is 3.00. The Hall–Kier alpha value is -1.62. The van der Waals surface area contributed by atoms with Crippen molar-refractivity contribution in [3.05, 3.63) is 35.6 Å². The van der Waals surface area contributed by atoms with Crippen LogP contribution in [0.5, 0.6) is 0 Å². The number of likely N-dealkylation sites (tertiary alicyclic amines) is 1. The van der Waals surface area contributed by atoms with Crippen molar-refractivity contribution in [2.75, 3.05) is 39.8 Å². The fourth-order valence-corrected chi connectivity index (χ4v) is 2.85. The number of aliphatic imine (C=N–C) groups is 1. The number of guanidine groups is 1. The van der Waals surface area contributed by atoms with Gasteiger partial charge < -0.3 is 15.5 Å². The van der Waals surface area contributed by atoms with Gasteiger partial charge >= 0.3 is 0 Å². The fraction of sp³-hybridized carbons (Fsp3) is 0.588. The summed E-state index contributed by atoms with van der Waals surface area (Å²) in [6.45, 7) is 7.31. The summed E-state index contributed by atoms with van der Waals surface area (Å²) in [6, 6.07) is 6.91. The number of nitrogens with one attached hydrogen (secondary N) is 2. The Morgan fingerprint density at radius 1 is 1.36 bits per heavy atom. The Morgan fingerprint density at radius 3 is 2.86 bits per heavy atom. The lowest BCUT2D eigenvalue weighted by atomic mass is 10.1. The Labute approximate surface area is 132 Å². The number of hydrogen-bond donors (Lipinski definition) is 2. The first kappa shape index (κ1) is 16.7. The van der Waals surface area contributed by atoms with Gasteiger partial charge in [0.1, 0.15) is 5.82 Å². The zero-order chi connectivity index (χ0) is 15.8. The number of benzene rings is 1. The van der Waals surface area contributed by atoms with E-state index in [4.69, 9.17) is 0 Å². The van der Waals surface area contributed by atoms with Crippen LogP contribution in [-0.4, -0.2) is 50.6 Å². The van der Waals surface area contributed by atoms with Gasteiger partial charge in [0, 0.05) is 26.7 Å². The van der Waals surface area contributed by atoms with Crippen molar-refractivity contribution in [2.45, 2.75) is 19.8 Å². The predicted molar refractivity (Wildman–Crippen MR) is 89.7 cm³/mol. The van der Waals surface area contributed by atoms with Gasteiger partial charge in [-0.2, -0.15) is 0 Å². The largest absolute Gasteiger partial charge is 0.356 e. The summed E-state index contributed by atoms with van der Waals surface area (Å²) < 4.78 is 13.5. The molecule has 1 saturated heterocycles. The third-order valence-corrected chi connectivity index (χ3v) is 4.24. The lowest BCUT2D eigenvalue weighted by Crippen LogP contribution is -2.41. The minimum atomic E-state index is -0.141. The van der Waals surface area contributed by atoms with Gasteiger partial charge in [-0.25, -0.2) is 4.39 Å². The maximum atomic E-state index is 13.5. The maximum Gasteiger partial charge on any atom is 0.190 e. The minimum absolute atomic E-state index is 0.141. The van der Waals surface area contributed by atoms with E-state index in [0.717, 1.165) is 31.2 Å². The smallest absolute Gasteiger partial charge is 0.190 e. The third-order valence-electron chi connectivity index (χ3n) is 4.24. The summed E-state index contributed by atoms with van der Waals surface area (Å²) in [5.74, 6) is 1.34. The number of nitrogens with zero attached hydrogens (tertiary/aromatic N) is 2. The van der Waals surface area contributed by atoms with Crippen molar-refractivity contribution in [1.82, 2.24) is 15.5 Å². The second kappa shape index (κ2) is 8.73. The van der Waals surface area contributed by atoms with Crippen LogP contribution in [0.25, 0.3) is 0 Å². The van der Waals surface area contributed by atoms with E-state index < -0.39 is 0 Å². The van der Waals surface area contributed by atoms with Crippen LogP contribution in [0.2, 0.25) is 0 Å². The van der Waals surface area contributed by atoms with Crippen molar-refractivity contribution < 1.29 is 4.39 Å². The first-order valence-electron chi connectivity index (χ1n) is 8.13. The molecule has 0 radical (unpaired) electrons. The fourth-order valence-electron chi connectivity index (χ4n) is 2.85. The van der Waals surface area contributed by atoms with Crippen molar-refractivity contribution in [1.29, 1.82) is 0 Å². The van der Waals surface area contributed by atoms with Gasteiger partial charge in [0.2, 0.25) is 0 Å². The Bertz CT molecular complexity index is 489. The molecule has 1 heterocycles. The maximum absolute atomic E-state index is 13.5. The van der Waals surface area contributed by atoms with Crippen LogP contribution >= 0.6 is 0 Å². The molecule has 1 aliphatic rings. The third kappa shape index (κ3) is 4.98. The van der Waals surface area contributed by atoms with E-state index in [2.05, 4.69) is 27.4 Å². The Kier molecular flexibility index (Phi) is 6.65. The van der Waals surface area contributed by atoms with Crippen LogP contribution in [-0.2, 0) is 6.42 Å². The van der Waals surface area contributed by atoms with Gasteiger partial charge in [-0.1, -0.05) is 25.1 Å². The highest BCUT2D eigenvalue weighted by molar-refractivity contribution is 5.79. The molecule has 0 spiro atoms. The molecule has 2 rings (SSSR count). The number of hydrogen-bond acceptors (Lipinski definition) is 2. The molecule has 1 aliphatic heterocycles. The van der Waals surface area contributed by atoms with Crippen LogP contribution in [0.1, 0.15) is 18.9 Å². The number of rotatable bonds is 6. The van der Waals surface area contributed by atoms with Crippen LogP contribution in [0.15, 0.2) is 29.3 Å². The van der Waals surface area contributed by atoms with Crippen LogP contribution < -0.4 is 10.6 Å². The van der Waals surface area contributed by atoms with Crippen LogP contribution in [0.3, 0.4) is 0 Å². The molecular weight excluding hydrogens is 279 g/mol. The van der Waals surface area contributed by atoms with Gasteiger partial charge in [-0.15, -0.1) is 0 Å². The lowest BCUT2D eigenvalue weighted by molar-refractivity contribution is 0.342. The van der Waals surface area contributed by atoms with Crippen molar-refractivity contribution in [3.63, 3.8) is 0 Å². The summed E-state index contributed by atoms with van der Waals surface area (Å²) in [4.78, 5) is 6.70. The molecule has 1 aromatic carbocycles. The molecule has 5 heteroatoms. The molecular formula is C17H27FN4. The molecule has 1 fully saturated rings. The van der Waals surface area contributed by atoms with Gasteiger partial charge in [-0.3, -0.25) is 4.99 Å². The van der Waals surface area contributed by atoms with Gasteiger partial charge in [0.25, 0.3) is 0 Å². The van der Waals surface area contributed by atoms with Crippen molar-refractivity contribution in [2.24, 2.45) is 10.9 Å². The predicted octanol–water partition coefficient (Wildman–Crippen LogP) is 1.88. The second-order valence-corrected chi connectivity index (χ2v) is 5.77. The van der Waals surface area contributed by atoms with Crippen LogP contribution in [0.4, 0.5) is 4.39 Å². The molecule has 1 unspecified atom stereocenters. The molecule has 1 aromatic rings. The molecule has 0 bridgehead atoms. The van der Waals surface area contributed by atoms with Gasteiger partial charge in [0.15, 0.2) is 5.96 Å². The molecule has 4 nitrogen and oxygen atoms in total. The summed E-state index contributed by atoms with van der Waals surface area (Å²) in [6.07, 6.45) is 1.90. The molecule has 22 heavy (non-hydrogen) atoms. The molecule has 0 saturated carbocycles. The van der Waals surface area contributed by atoms with E-state index in [1.165, 1.54) is 19.0 Å². The highest BCUT2D eigenvalue weighted by Crippen LogP contribution is 2.14. The molecule has 0 amide bonds. The quantitative estimate of drug-likeness (QED) is 0.623. The monoisotopic (exact) mass is 306 g/mol.